The molecule has 0 saturated heterocycles. The fourth-order valence-corrected chi connectivity index (χ4v) is 3.17. The van der Waals surface area contributed by atoms with Crippen molar-refractivity contribution in [3.05, 3.63) is 34.9 Å². The van der Waals surface area contributed by atoms with Crippen molar-refractivity contribution in [1.82, 2.24) is 14.7 Å². The minimum absolute atomic E-state index is 0.0783. The number of nitrogens with zero attached hydrogens (tertiary/aromatic N) is 1. The summed E-state index contributed by atoms with van der Waals surface area (Å²) in [5, 5.41) is 3.91. The van der Waals surface area contributed by atoms with Crippen LogP contribution >= 0.6 is 11.3 Å². The predicted octanol–water partition coefficient (Wildman–Crippen LogP) is 1.51. The summed E-state index contributed by atoms with van der Waals surface area (Å²) in [5.74, 6) is 0. The molecule has 0 amide bonds. The molecule has 2 heterocycles. The number of nitrogens with one attached hydrogen (secondary N) is 2. The lowest BCUT2D eigenvalue weighted by Crippen LogP contribution is -2.26. The highest BCUT2D eigenvalue weighted by Crippen LogP contribution is 2.17. The molecular formula is C9H11N3O2S2. The first-order valence-corrected chi connectivity index (χ1v) is 7.05. The van der Waals surface area contributed by atoms with E-state index < -0.39 is 10.0 Å². The molecule has 2 rings (SSSR count). The summed E-state index contributed by atoms with van der Waals surface area (Å²) >= 11 is 1.54. The summed E-state index contributed by atoms with van der Waals surface area (Å²) in [6.45, 7) is 1.80. The average molecular weight is 257 g/mol. The van der Waals surface area contributed by atoms with Gasteiger partial charge in [0.15, 0.2) is 5.03 Å². The van der Waals surface area contributed by atoms with E-state index in [0.29, 0.717) is 0 Å². The maximum absolute atomic E-state index is 11.8. The van der Waals surface area contributed by atoms with Crippen LogP contribution in [0.4, 0.5) is 0 Å². The Bertz CT molecular complexity index is 531. The number of thiophene rings is 1. The van der Waals surface area contributed by atoms with Crippen molar-refractivity contribution in [2.24, 2.45) is 0 Å². The molecule has 2 aromatic heterocycles. The van der Waals surface area contributed by atoms with E-state index in [2.05, 4.69) is 14.7 Å². The first kappa shape index (κ1) is 11.3. The second kappa shape index (κ2) is 4.36. The van der Waals surface area contributed by atoms with Crippen LogP contribution in [-0.2, 0) is 10.0 Å². The van der Waals surface area contributed by atoms with Crippen LogP contribution in [0.5, 0.6) is 0 Å². The average Bonchev–Trinajstić information content (AvgIpc) is 2.91. The Labute approximate surface area is 97.6 Å². The van der Waals surface area contributed by atoms with Crippen LogP contribution in [0.25, 0.3) is 0 Å². The van der Waals surface area contributed by atoms with E-state index in [1.54, 1.807) is 6.92 Å². The SMILES string of the molecule is CC(NS(=O)(=O)c1cnc[nH]1)c1ccsc1. The largest absolute Gasteiger partial charge is 0.335 e. The highest BCUT2D eigenvalue weighted by molar-refractivity contribution is 7.89. The molecule has 0 aliphatic heterocycles. The number of imidazole rings is 1. The maximum Gasteiger partial charge on any atom is 0.258 e. The molecule has 86 valence electrons. The van der Waals surface area contributed by atoms with Crippen LogP contribution in [0, 0.1) is 0 Å². The number of sulfonamides is 1. The summed E-state index contributed by atoms with van der Waals surface area (Å²) in [6, 6.07) is 1.64. The highest BCUT2D eigenvalue weighted by atomic mass is 32.2. The van der Waals surface area contributed by atoms with Gasteiger partial charge in [-0.25, -0.2) is 18.1 Å². The van der Waals surface area contributed by atoms with E-state index >= 15 is 0 Å². The minimum Gasteiger partial charge on any atom is -0.335 e. The van der Waals surface area contributed by atoms with Crippen LogP contribution in [-0.4, -0.2) is 18.4 Å². The van der Waals surface area contributed by atoms with E-state index in [9.17, 15) is 8.42 Å². The third-order valence-corrected chi connectivity index (χ3v) is 4.31. The van der Waals surface area contributed by atoms with Crippen molar-refractivity contribution in [2.45, 2.75) is 18.0 Å². The van der Waals surface area contributed by atoms with Gasteiger partial charge in [-0.3, -0.25) is 0 Å². The molecule has 2 aromatic rings. The molecule has 0 radical (unpaired) electrons. The zero-order chi connectivity index (χ0) is 11.6. The summed E-state index contributed by atoms with van der Waals surface area (Å²) in [4.78, 5) is 6.25. The first-order chi connectivity index (χ1) is 7.59. The Morgan fingerprint density at radius 1 is 1.56 bits per heavy atom. The summed E-state index contributed by atoms with van der Waals surface area (Å²) in [5.41, 5.74) is 0.952. The Morgan fingerprint density at radius 3 is 2.94 bits per heavy atom. The zero-order valence-corrected chi connectivity index (χ0v) is 10.2. The summed E-state index contributed by atoms with van der Waals surface area (Å²) < 4.78 is 26.2. The van der Waals surface area contributed by atoms with Gasteiger partial charge in [0.2, 0.25) is 0 Å². The molecule has 0 bridgehead atoms. The second-order valence-electron chi connectivity index (χ2n) is 3.32. The van der Waals surface area contributed by atoms with Gasteiger partial charge in [-0.2, -0.15) is 11.3 Å². The number of aromatic nitrogens is 2. The van der Waals surface area contributed by atoms with Crippen LogP contribution in [0.15, 0.2) is 34.4 Å². The van der Waals surface area contributed by atoms with E-state index in [0.717, 1.165) is 5.56 Å². The lowest BCUT2D eigenvalue weighted by atomic mass is 10.2. The van der Waals surface area contributed by atoms with Gasteiger partial charge in [-0.1, -0.05) is 0 Å². The Balaban J connectivity index is 2.16. The lowest BCUT2D eigenvalue weighted by molar-refractivity contribution is 0.564. The number of rotatable bonds is 4. The predicted molar refractivity (Wildman–Crippen MR) is 61.6 cm³/mol. The van der Waals surface area contributed by atoms with Gasteiger partial charge in [0.1, 0.15) is 0 Å². The standard InChI is InChI=1S/C9H11N3O2S2/c1-7(8-2-3-15-5-8)12-16(13,14)9-4-10-6-11-9/h2-7,12H,1H3,(H,10,11). The van der Waals surface area contributed by atoms with Crippen molar-refractivity contribution in [1.29, 1.82) is 0 Å². The van der Waals surface area contributed by atoms with Crippen molar-refractivity contribution >= 4 is 21.4 Å². The maximum atomic E-state index is 11.8. The monoisotopic (exact) mass is 257 g/mol. The van der Waals surface area contributed by atoms with Gasteiger partial charge >= 0.3 is 0 Å². The third-order valence-electron chi connectivity index (χ3n) is 2.14. The summed E-state index contributed by atoms with van der Waals surface area (Å²) in [6.07, 6.45) is 2.62. The van der Waals surface area contributed by atoms with Crippen molar-refractivity contribution in [2.75, 3.05) is 0 Å². The molecule has 1 unspecified atom stereocenters. The quantitative estimate of drug-likeness (QED) is 0.871. The van der Waals surface area contributed by atoms with Crippen LogP contribution in [0.3, 0.4) is 0 Å². The number of H-pyrrole nitrogens is 1. The van der Waals surface area contributed by atoms with Gasteiger partial charge in [0.25, 0.3) is 10.0 Å². The van der Waals surface area contributed by atoms with E-state index in [-0.39, 0.29) is 11.1 Å². The van der Waals surface area contributed by atoms with Gasteiger partial charge < -0.3 is 4.98 Å². The van der Waals surface area contributed by atoms with E-state index in [4.69, 9.17) is 0 Å². The van der Waals surface area contributed by atoms with Crippen molar-refractivity contribution < 1.29 is 8.42 Å². The van der Waals surface area contributed by atoms with Gasteiger partial charge in [0, 0.05) is 6.04 Å². The normalized spacial score (nSPS) is 13.8. The molecular weight excluding hydrogens is 246 g/mol. The Hall–Kier alpha value is -1.18. The first-order valence-electron chi connectivity index (χ1n) is 4.62. The number of aromatic amines is 1. The van der Waals surface area contributed by atoms with E-state index in [1.165, 1.54) is 23.9 Å². The zero-order valence-electron chi connectivity index (χ0n) is 8.54. The van der Waals surface area contributed by atoms with E-state index in [1.807, 2.05) is 16.8 Å². The van der Waals surface area contributed by atoms with Crippen LogP contribution in [0.1, 0.15) is 18.5 Å². The number of hydrogen-bond donors (Lipinski definition) is 2. The molecule has 16 heavy (non-hydrogen) atoms. The topological polar surface area (TPSA) is 74.8 Å². The fourth-order valence-electron chi connectivity index (χ4n) is 1.28. The molecule has 5 nitrogen and oxygen atoms in total. The molecule has 0 spiro atoms. The highest BCUT2D eigenvalue weighted by Gasteiger charge is 2.19. The second-order valence-corrected chi connectivity index (χ2v) is 5.78. The third kappa shape index (κ3) is 2.31. The molecule has 0 aromatic carbocycles. The molecule has 2 N–H and O–H groups in total. The van der Waals surface area contributed by atoms with Crippen molar-refractivity contribution in [3.8, 4) is 0 Å². The van der Waals surface area contributed by atoms with Gasteiger partial charge in [-0.05, 0) is 29.3 Å². The number of hydrogen-bond acceptors (Lipinski definition) is 4. The smallest absolute Gasteiger partial charge is 0.258 e. The molecule has 7 heteroatoms. The molecule has 0 aliphatic carbocycles. The van der Waals surface area contributed by atoms with Crippen LogP contribution < -0.4 is 4.72 Å². The minimum atomic E-state index is -3.51. The molecule has 0 fully saturated rings. The lowest BCUT2D eigenvalue weighted by Gasteiger charge is -2.11. The summed E-state index contributed by atoms with van der Waals surface area (Å²) in [7, 11) is -3.51. The van der Waals surface area contributed by atoms with Gasteiger partial charge in [0.05, 0.1) is 12.5 Å². The van der Waals surface area contributed by atoms with Gasteiger partial charge in [-0.15, -0.1) is 0 Å². The Kier molecular flexibility index (Phi) is 3.08. The van der Waals surface area contributed by atoms with Crippen LogP contribution in [0.2, 0.25) is 0 Å². The molecule has 1 atom stereocenters. The molecule has 0 aliphatic rings. The Morgan fingerprint density at radius 2 is 2.38 bits per heavy atom. The fraction of sp³-hybridized carbons (Fsp3) is 0.222. The van der Waals surface area contributed by atoms with Crippen molar-refractivity contribution in [3.63, 3.8) is 0 Å². The molecule has 0 saturated carbocycles.